The lowest BCUT2D eigenvalue weighted by Gasteiger charge is -2.55. The van der Waals surface area contributed by atoms with Crippen LogP contribution >= 0.6 is 0 Å². The zero-order valence-electron chi connectivity index (χ0n) is 38.7. The Labute approximate surface area is 372 Å². The number of ether oxygens (including phenoxy) is 4. The monoisotopic (exact) mass is 844 g/mol. The standard InChI is InChI=1S/C55H73NO6/c1-37(2)38(3)14-15-39(4)49-26-27-50-48-25-20-43-36-47(28-32-53(43,5)51(48)29-33-54(49,50)6)62-52(58)56-34-30-44(57)31-35-61-55(40-12-10-9-11-13-40,41-16-21-45(59-7)22-17-41)42-18-23-46(60-8)24-19-42/h9-25,37-39,44,47,49-51,57H,26-36H2,1-8H3,(H,56,58)/t38?,39-,44?,47+,49-,50?,51?,53+,54-/m0/s1. The molecular formula is C55H73NO6. The first kappa shape index (κ1) is 45.7. The molecule has 3 fully saturated rings. The number of hydrogen-bond acceptors (Lipinski definition) is 6. The van der Waals surface area contributed by atoms with Crippen LogP contribution in [-0.4, -0.2) is 50.8 Å². The Balaban J connectivity index is 0.928. The van der Waals surface area contributed by atoms with Crippen molar-refractivity contribution in [1.82, 2.24) is 5.32 Å². The van der Waals surface area contributed by atoms with Crippen LogP contribution in [0.3, 0.4) is 0 Å². The van der Waals surface area contributed by atoms with Crippen molar-refractivity contribution in [2.24, 2.45) is 46.3 Å². The SMILES string of the molecule is COc1ccc(C(OCCC(O)CCNC(=O)O[C@@H]2CC[C@]3(C)C(=CC=C4C3CC[C@]3(C)C4CC[C@H]3[C@@H](C)C=CC(C)C(C)C)C2)(c2ccccc2)c2ccc(OC)cc2)cc1. The van der Waals surface area contributed by atoms with E-state index < -0.39 is 17.8 Å². The molecule has 3 aromatic rings. The van der Waals surface area contributed by atoms with E-state index in [0.717, 1.165) is 53.4 Å². The number of carbonyl (C=O) groups is 1. The first-order chi connectivity index (χ1) is 29.8. The number of carbonyl (C=O) groups excluding carboxylic acids is 1. The van der Waals surface area contributed by atoms with Crippen LogP contribution in [0.1, 0.15) is 116 Å². The second kappa shape index (κ2) is 19.6. The minimum Gasteiger partial charge on any atom is -0.497 e. The molecule has 1 amide bonds. The highest BCUT2D eigenvalue weighted by Crippen LogP contribution is 2.66. The summed E-state index contributed by atoms with van der Waals surface area (Å²) in [7, 11) is 3.31. The Morgan fingerprint density at radius 3 is 2.06 bits per heavy atom. The van der Waals surface area contributed by atoms with Crippen LogP contribution in [0.2, 0.25) is 0 Å². The summed E-state index contributed by atoms with van der Waals surface area (Å²) in [6.45, 7) is 15.1. The Kier molecular flexibility index (Phi) is 14.4. The Morgan fingerprint density at radius 1 is 0.790 bits per heavy atom. The van der Waals surface area contributed by atoms with E-state index in [2.05, 4.69) is 83.3 Å². The molecule has 0 radical (unpaired) electrons. The van der Waals surface area contributed by atoms with Crippen molar-refractivity contribution in [3.05, 3.63) is 131 Å². The molecule has 3 saturated carbocycles. The maximum absolute atomic E-state index is 13.1. The van der Waals surface area contributed by atoms with Crippen LogP contribution in [0.15, 0.2) is 114 Å². The van der Waals surface area contributed by atoms with Crippen molar-refractivity contribution in [3.8, 4) is 11.5 Å². The minimum atomic E-state index is -0.956. The van der Waals surface area contributed by atoms with Crippen LogP contribution in [0.4, 0.5) is 4.79 Å². The first-order valence-electron chi connectivity index (χ1n) is 23.5. The van der Waals surface area contributed by atoms with Gasteiger partial charge in [0.1, 0.15) is 23.2 Å². The van der Waals surface area contributed by atoms with Gasteiger partial charge in [-0.2, -0.15) is 0 Å². The molecule has 334 valence electrons. The van der Waals surface area contributed by atoms with Crippen LogP contribution in [-0.2, 0) is 15.1 Å². The fraction of sp³-hybridized carbons (Fsp3) is 0.545. The molecule has 7 heteroatoms. The number of amides is 1. The summed E-state index contributed by atoms with van der Waals surface area (Å²) >= 11 is 0. The maximum atomic E-state index is 13.1. The topological polar surface area (TPSA) is 86.2 Å². The molecule has 3 aromatic carbocycles. The molecule has 4 aliphatic rings. The zero-order chi connectivity index (χ0) is 44.1. The minimum absolute atomic E-state index is 0.128. The third-order valence-electron chi connectivity index (χ3n) is 16.0. The molecule has 62 heavy (non-hydrogen) atoms. The number of methoxy groups -OCH3 is 2. The summed E-state index contributed by atoms with van der Waals surface area (Å²) in [5.74, 6) is 5.37. The molecule has 7 rings (SSSR count). The van der Waals surface area contributed by atoms with E-state index in [9.17, 15) is 9.90 Å². The fourth-order valence-electron chi connectivity index (χ4n) is 11.8. The van der Waals surface area contributed by atoms with Crippen molar-refractivity contribution in [3.63, 3.8) is 0 Å². The van der Waals surface area contributed by atoms with Gasteiger partial charge in [0.15, 0.2) is 0 Å². The summed E-state index contributed by atoms with van der Waals surface area (Å²) in [5, 5.41) is 14.1. The number of alkyl carbamates (subject to hydrolysis) is 1. The van der Waals surface area contributed by atoms with Crippen molar-refractivity contribution in [2.75, 3.05) is 27.4 Å². The highest BCUT2D eigenvalue weighted by molar-refractivity contribution is 5.67. The van der Waals surface area contributed by atoms with Crippen LogP contribution < -0.4 is 14.8 Å². The number of allylic oxidation sites excluding steroid dienone is 5. The molecule has 0 aliphatic heterocycles. The Bertz CT molecular complexity index is 1990. The molecule has 9 atom stereocenters. The summed E-state index contributed by atoms with van der Waals surface area (Å²) in [6.07, 6.45) is 17.3. The quantitative estimate of drug-likeness (QED) is 0.104. The summed E-state index contributed by atoms with van der Waals surface area (Å²) < 4.78 is 23.9. The summed E-state index contributed by atoms with van der Waals surface area (Å²) in [4.78, 5) is 13.1. The summed E-state index contributed by atoms with van der Waals surface area (Å²) in [6, 6.07) is 26.0. The number of nitrogens with one attached hydrogen (secondary N) is 1. The number of fused-ring (bicyclic) bond motifs is 5. The Morgan fingerprint density at radius 2 is 1.44 bits per heavy atom. The smallest absolute Gasteiger partial charge is 0.407 e. The van der Waals surface area contributed by atoms with Gasteiger partial charge >= 0.3 is 6.09 Å². The average molecular weight is 844 g/mol. The number of rotatable bonds is 17. The van der Waals surface area contributed by atoms with Gasteiger partial charge in [-0.1, -0.05) is 132 Å². The third-order valence-corrected chi connectivity index (χ3v) is 16.0. The van der Waals surface area contributed by atoms with Crippen molar-refractivity contribution < 1.29 is 28.8 Å². The van der Waals surface area contributed by atoms with Gasteiger partial charge in [0.2, 0.25) is 0 Å². The van der Waals surface area contributed by atoms with Gasteiger partial charge in [-0.15, -0.1) is 0 Å². The fourth-order valence-corrected chi connectivity index (χ4v) is 11.8. The molecule has 0 bridgehead atoms. The maximum Gasteiger partial charge on any atom is 0.407 e. The molecule has 7 nitrogen and oxygen atoms in total. The Hall–Kier alpha value is -4.33. The van der Waals surface area contributed by atoms with E-state index in [1.807, 2.05) is 66.7 Å². The highest BCUT2D eigenvalue weighted by Gasteiger charge is 2.57. The summed E-state index contributed by atoms with van der Waals surface area (Å²) in [5.41, 5.74) is 5.51. The van der Waals surface area contributed by atoms with Crippen LogP contribution in [0.5, 0.6) is 11.5 Å². The first-order valence-corrected chi connectivity index (χ1v) is 23.5. The van der Waals surface area contributed by atoms with Gasteiger partial charge in [-0.05, 0) is 139 Å². The second-order valence-corrected chi connectivity index (χ2v) is 19.7. The highest BCUT2D eigenvalue weighted by atomic mass is 16.6. The van der Waals surface area contributed by atoms with Gasteiger partial charge in [0.05, 0.1) is 26.9 Å². The molecule has 0 aromatic heterocycles. The van der Waals surface area contributed by atoms with Gasteiger partial charge in [0.25, 0.3) is 0 Å². The van der Waals surface area contributed by atoms with E-state index >= 15 is 0 Å². The predicted molar refractivity (Wildman–Crippen MR) is 249 cm³/mol. The largest absolute Gasteiger partial charge is 0.497 e. The van der Waals surface area contributed by atoms with Gasteiger partial charge in [0, 0.05) is 13.0 Å². The molecule has 4 unspecified atom stereocenters. The lowest BCUT2D eigenvalue weighted by atomic mass is 9.50. The number of hydrogen-bond donors (Lipinski definition) is 2. The zero-order valence-corrected chi connectivity index (χ0v) is 38.7. The second-order valence-electron chi connectivity index (χ2n) is 19.7. The predicted octanol–water partition coefficient (Wildman–Crippen LogP) is 12.2. The molecule has 0 saturated heterocycles. The molecular weight excluding hydrogens is 771 g/mol. The van der Waals surface area contributed by atoms with E-state index in [1.54, 1.807) is 19.8 Å². The number of aliphatic hydroxyl groups is 1. The van der Waals surface area contributed by atoms with E-state index in [4.69, 9.17) is 18.9 Å². The third kappa shape index (κ3) is 9.31. The van der Waals surface area contributed by atoms with Gasteiger partial charge in [-0.3, -0.25) is 0 Å². The lowest BCUT2D eigenvalue weighted by molar-refractivity contribution is -0.00635. The van der Waals surface area contributed by atoms with Gasteiger partial charge in [-0.25, -0.2) is 4.79 Å². The molecule has 0 heterocycles. The number of aliphatic hydroxyl groups excluding tert-OH is 1. The van der Waals surface area contributed by atoms with Crippen molar-refractivity contribution in [2.45, 2.75) is 117 Å². The molecule has 0 spiro atoms. The van der Waals surface area contributed by atoms with Crippen LogP contribution in [0, 0.1) is 46.3 Å². The normalized spacial score (nSPS) is 27.3. The molecule has 4 aliphatic carbocycles. The van der Waals surface area contributed by atoms with Crippen LogP contribution in [0.25, 0.3) is 0 Å². The average Bonchev–Trinajstić information content (AvgIpc) is 3.65. The van der Waals surface area contributed by atoms with Gasteiger partial charge < -0.3 is 29.4 Å². The number of benzene rings is 3. The van der Waals surface area contributed by atoms with Crippen molar-refractivity contribution >= 4 is 6.09 Å². The van der Waals surface area contributed by atoms with E-state index in [1.165, 1.54) is 31.3 Å². The lowest BCUT2D eigenvalue weighted by Crippen LogP contribution is -2.47. The van der Waals surface area contributed by atoms with E-state index in [0.29, 0.717) is 54.4 Å². The molecule has 2 N–H and O–H groups in total. The van der Waals surface area contributed by atoms with E-state index in [-0.39, 0.29) is 18.1 Å². The van der Waals surface area contributed by atoms with Crippen molar-refractivity contribution in [1.29, 1.82) is 0 Å².